The highest BCUT2D eigenvalue weighted by Gasteiger charge is 2.04. The molecule has 0 radical (unpaired) electrons. The number of aliphatic carboxylic acids is 2. The van der Waals surface area contributed by atoms with E-state index in [0.29, 0.717) is 38.8 Å². The van der Waals surface area contributed by atoms with E-state index in [1.165, 1.54) is 0 Å². The van der Waals surface area contributed by atoms with Gasteiger partial charge in [0.2, 0.25) is 11.8 Å². The largest absolute Gasteiger partial charge is 0.481 e. The van der Waals surface area contributed by atoms with Crippen molar-refractivity contribution in [1.29, 1.82) is 0 Å². The van der Waals surface area contributed by atoms with Gasteiger partial charge < -0.3 is 20.8 Å². The zero-order valence-electron chi connectivity index (χ0n) is 12.6. The first-order valence-corrected chi connectivity index (χ1v) is 7.39. The second kappa shape index (κ2) is 12.6. The summed E-state index contributed by atoms with van der Waals surface area (Å²) in [6, 6.07) is 0. The van der Waals surface area contributed by atoms with Crippen molar-refractivity contribution >= 4 is 23.8 Å². The highest BCUT2D eigenvalue weighted by molar-refractivity contribution is 5.77. The SMILES string of the molecule is O=C(O)CCCC(=O)NCCCCNC(=O)CCCC(=O)O. The second-order valence-electron chi connectivity index (χ2n) is 4.90. The van der Waals surface area contributed by atoms with Crippen molar-refractivity contribution in [1.82, 2.24) is 10.6 Å². The molecule has 0 aromatic rings. The van der Waals surface area contributed by atoms with Crippen LogP contribution in [0.25, 0.3) is 0 Å². The number of carbonyl (C=O) groups excluding carboxylic acids is 2. The molecule has 8 heteroatoms. The highest BCUT2D eigenvalue weighted by atomic mass is 16.4. The Bertz CT molecular complexity index is 348. The second-order valence-corrected chi connectivity index (χ2v) is 4.90. The summed E-state index contributed by atoms with van der Waals surface area (Å²) < 4.78 is 0. The topological polar surface area (TPSA) is 133 Å². The van der Waals surface area contributed by atoms with E-state index >= 15 is 0 Å². The molecule has 0 aliphatic rings. The summed E-state index contributed by atoms with van der Waals surface area (Å²) >= 11 is 0. The maximum absolute atomic E-state index is 11.3. The summed E-state index contributed by atoms with van der Waals surface area (Å²) in [6.07, 6.45) is 2.45. The van der Waals surface area contributed by atoms with E-state index in [0.717, 1.165) is 0 Å². The van der Waals surface area contributed by atoms with Crippen LogP contribution in [0.4, 0.5) is 0 Å². The molecular weight excluding hydrogens is 292 g/mol. The van der Waals surface area contributed by atoms with Gasteiger partial charge in [-0.15, -0.1) is 0 Å². The molecule has 0 bridgehead atoms. The first-order chi connectivity index (χ1) is 10.4. The molecule has 0 unspecified atom stereocenters. The van der Waals surface area contributed by atoms with E-state index in [1.54, 1.807) is 0 Å². The van der Waals surface area contributed by atoms with Gasteiger partial charge in [-0.3, -0.25) is 19.2 Å². The molecule has 0 spiro atoms. The smallest absolute Gasteiger partial charge is 0.303 e. The summed E-state index contributed by atoms with van der Waals surface area (Å²) in [5, 5.41) is 22.2. The van der Waals surface area contributed by atoms with Gasteiger partial charge >= 0.3 is 11.9 Å². The van der Waals surface area contributed by atoms with Crippen LogP contribution in [0.5, 0.6) is 0 Å². The summed E-state index contributed by atoms with van der Waals surface area (Å²) in [5.74, 6) is -2.16. The fourth-order valence-corrected chi connectivity index (χ4v) is 1.68. The lowest BCUT2D eigenvalue weighted by Crippen LogP contribution is -2.27. The number of nitrogens with one attached hydrogen (secondary N) is 2. The van der Waals surface area contributed by atoms with Crippen molar-refractivity contribution in [2.75, 3.05) is 13.1 Å². The van der Waals surface area contributed by atoms with Crippen LogP contribution < -0.4 is 10.6 Å². The molecule has 0 aliphatic carbocycles. The van der Waals surface area contributed by atoms with E-state index in [-0.39, 0.29) is 37.5 Å². The molecule has 0 atom stereocenters. The number of hydrogen-bond donors (Lipinski definition) is 4. The predicted octanol–water partition coefficient (Wildman–Crippen LogP) is 0.509. The van der Waals surface area contributed by atoms with Crippen LogP contribution in [-0.2, 0) is 19.2 Å². The Morgan fingerprint density at radius 2 is 0.955 bits per heavy atom. The zero-order valence-corrected chi connectivity index (χ0v) is 12.6. The average molecular weight is 316 g/mol. The van der Waals surface area contributed by atoms with Crippen molar-refractivity contribution in [2.24, 2.45) is 0 Å². The molecule has 8 nitrogen and oxygen atoms in total. The minimum absolute atomic E-state index is 0.0126. The number of carboxylic acids is 2. The first-order valence-electron chi connectivity index (χ1n) is 7.39. The molecular formula is C14H24N2O6. The molecule has 0 saturated carbocycles. The van der Waals surface area contributed by atoms with Gasteiger partial charge in [0, 0.05) is 38.8 Å². The lowest BCUT2D eigenvalue weighted by atomic mass is 10.2. The fourth-order valence-electron chi connectivity index (χ4n) is 1.68. The van der Waals surface area contributed by atoms with Gasteiger partial charge in [0.1, 0.15) is 0 Å². The van der Waals surface area contributed by atoms with Gasteiger partial charge in [0.15, 0.2) is 0 Å². The van der Waals surface area contributed by atoms with Crippen LogP contribution in [-0.4, -0.2) is 47.1 Å². The summed E-state index contributed by atoms with van der Waals surface area (Å²) in [4.78, 5) is 43.2. The maximum Gasteiger partial charge on any atom is 0.303 e. The van der Waals surface area contributed by atoms with Crippen molar-refractivity contribution < 1.29 is 29.4 Å². The normalized spacial score (nSPS) is 10.0. The third-order valence-corrected chi connectivity index (χ3v) is 2.84. The van der Waals surface area contributed by atoms with Crippen molar-refractivity contribution in [3.8, 4) is 0 Å². The van der Waals surface area contributed by atoms with E-state index < -0.39 is 11.9 Å². The fraction of sp³-hybridized carbons (Fsp3) is 0.714. The Labute approximate surface area is 129 Å². The summed E-state index contributed by atoms with van der Waals surface area (Å²) in [6.45, 7) is 0.974. The van der Waals surface area contributed by atoms with Gasteiger partial charge in [-0.2, -0.15) is 0 Å². The standard InChI is InChI=1S/C14H24N2O6/c17-11(5-3-7-13(19)20)15-9-1-2-10-16-12(18)6-4-8-14(21)22/h1-10H2,(H,15,17)(H,16,18)(H,19,20)(H,21,22). The lowest BCUT2D eigenvalue weighted by Gasteiger charge is -2.06. The van der Waals surface area contributed by atoms with Gasteiger partial charge in [-0.25, -0.2) is 0 Å². The lowest BCUT2D eigenvalue weighted by molar-refractivity contribution is -0.138. The van der Waals surface area contributed by atoms with Crippen LogP contribution >= 0.6 is 0 Å². The molecule has 0 rings (SSSR count). The highest BCUT2D eigenvalue weighted by Crippen LogP contribution is 1.96. The number of carboxylic acid groups (broad SMARTS) is 2. The minimum Gasteiger partial charge on any atom is -0.481 e. The molecule has 22 heavy (non-hydrogen) atoms. The number of carbonyl (C=O) groups is 4. The van der Waals surface area contributed by atoms with Gasteiger partial charge in [0.05, 0.1) is 0 Å². The van der Waals surface area contributed by atoms with Crippen LogP contribution in [0, 0.1) is 0 Å². The Morgan fingerprint density at radius 1 is 0.591 bits per heavy atom. The first kappa shape index (κ1) is 19.9. The van der Waals surface area contributed by atoms with Crippen LogP contribution in [0.1, 0.15) is 51.4 Å². The van der Waals surface area contributed by atoms with Crippen LogP contribution in [0.3, 0.4) is 0 Å². The molecule has 0 heterocycles. The summed E-state index contributed by atoms with van der Waals surface area (Å²) in [5.41, 5.74) is 0. The number of amides is 2. The molecule has 4 N–H and O–H groups in total. The Balaban J connectivity index is 3.38. The molecule has 0 fully saturated rings. The molecule has 0 aromatic carbocycles. The average Bonchev–Trinajstić information content (AvgIpc) is 2.41. The molecule has 2 amide bonds. The Kier molecular flexibility index (Phi) is 11.4. The van der Waals surface area contributed by atoms with Crippen molar-refractivity contribution in [3.05, 3.63) is 0 Å². The van der Waals surface area contributed by atoms with Crippen molar-refractivity contribution in [3.63, 3.8) is 0 Å². The monoisotopic (exact) mass is 316 g/mol. The Morgan fingerprint density at radius 3 is 1.27 bits per heavy atom. The summed E-state index contributed by atoms with van der Waals surface area (Å²) in [7, 11) is 0. The molecule has 0 aliphatic heterocycles. The maximum atomic E-state index is 11.3. The van der Waals surface area contributed by atoms with Gasteiger partial charge in [-0.05, 0) is 25.7 Å². The van der Waals surface area contributed by atoms with E-state index in [4.69, 9.17) is 10.2 Å². The number of hydrogen-bond acceptors (Lipinski definition) is 4. The predicted molar refractivity (Wildman–Crippen MR) is 78.2 cm³/mol. The zero-order chi connectivity index (χ0) is 16.8. The third kappa shape index (κ3) is 14.3. The molecule has 126 valence electrons. The van der Waals surface area contributed by atoms with Gasteiger partial charge in [-0.1, -0.05) is 0 Å². The Hall–Kier alpha value is -2.12. The molecule has 0 aromatic heterocycles. The van der Waals surface area contributed by atoms with Crippen molar-refractivity contribution in [2.45, 2.75) is 51.4 Å². The van der Waals surface area contributed by atoms with E-state index in [9.17, 15) is 19.2 Å². The third-order valence-electron chi connectivity index (χ3n) is 2.84. The van der Waals surface area contributed by atoms with Crippen LogP contribution in [0.2, 0.25) is 0 Å². The van der Waals surface area contributed by atoms with E-state index in [1.807, 2.05) is 0 Å². The van der Waals surface area contributed by atoms with E-state index in [2.05, 4.69) is 10.6 Å². The number of rotatable bonds is 13. The van der Waals surface area contributed by atoms with Crippen LogP contribution in [0.15, 0.2) is 0 Å². The molecule has 0 saturated heterocycles. The van der Waals surface area contributed by atoms with Gasteiger partial charge in [0.25, 0.3) is 0 Å². The minimum atomic E-state index is -0.910. The quantitative estimate of drug-likeness (QED) is 0.366. The number of unbranched alkanes of at least 4 members (excludes halogenated alkanes) is 1.